The molecule has 3 N–H and O–H groups in total. The van der Waals surface area contributed by atoms with Crippen molar-refractivity contribution in [2.24, 2.45) is 5.73 Å². The van der Waals surface area contributed by atoms with Crippen molar-refractivity contribution >= 4 is 38.4 Å². The maximum Gasteiger partial charge on any atom is 0.244 e. The number of rotatable bonds is 7. The minimum absolute atomic E-state index is 0.327. The Hall–Kier alpha value is -3.40. The number of carbonyl (C=O) groups is 2. The highest BCUT2D eigenvalue weighted by Crippen LogP contribution is 2.24. The lowest BCUT2D eigenvalue weighted by Crippen LogP contribution is -2.27. The van der Waals surface area contributed by atoms with Crippen LogP contribution in [0.2, 0.25) is 0 Å². The molecule has 0 bridgehead atoms. The maximum atomic E-state index is 12.6. The van der Waals surface area contributed by atoms with Crippen molar-refractivity contribution in [1.29, 1.82) is 0 Å². The molecule has 1 aromatic heterocycles. The molecule has 0 radical (unpaired) electrons. The van der Waals surface area contributed by atoms with Crippen molar-refractivity contribution in [3.63, 3.8) is 0 Å². The summed E-state index contributed by atoms with van der Waals surface area (Å²) in [5.74, 6) is -1.92. The van der Waals surface area contributed by atoms with Crippen LogP contribution in [-0.2, 0) is 26.0 Å². The molecule has 3 aromatic rings. The number of hydrogen-bond acceptors (Lipinski definition) is 6. The van der Waals surface area contributed by atoms with Gasteiger partial charge in [0.1, 0.15) is 18.0 Å². The molecule has 2 aromatic carbocycles. The number of benzene rings is 2. The smallest absolute Gasteiger partial charge is 0.244 e. The Balaban J connectivity index is 1.99. The fourth-order valence-corrected chi connectivity index (χ4v) is 4.02. The average Bonchev–Trinajstić information content (AvgIpc) is 3.01. The number of nitrogens with one attached hydrogen (secondary N) is 1. The number of imidazole rings is 1. The zero-order valence-electron chi connectivity index (χ0n) is 15.0. The van der Waals surface area contributed by atoms with Crippen LogP contribution in [0.25, 0.3) is 11.0 Å². The average molecular weight is 402 g/mol. The first-order chi connectivity index (χ1) is 13.3. The number of amides is 2. The zero-order valence-corrected chi connectivity index (χ0v) is 15.8. The molecule has 0 spiro atoms. The number of primary amides is 1. The Bertz CT molecular complexity index is 1150. The number of para-hydroxylation sites is 4. The van der Waals surface area contributed by atoms with E-state index in [1.807, 2.05) is 0 Å². The van der Waals surface area contributed by atoms with Crippen molar-refractivity contribution in [3.8, 4) is 5.75 Å². The van der Waals surface area contributed by atoms with E-state index in [0.29, 0.717) is 22.5 Å². The molecule has 0 fully saturated rings. The van der Waals surface area contributed by atoms with E-state index in [0.717, 1.165) is 0 Å². The van der Waals surface area contributed by atoms with Crippen molar-refractivity contribution in [3.05, 3.63) is 48.5 Å². The van der Waals surface area contributed by atoms with Crippen molar-refractivity contribution in [2.75, 3.05) is 18.2 Å². The summed E-state index contributed by atoms with van der Waals surface area (Å²) in [6, 6.07) is 13.5. The van der Waals surface area contributed by atoms with E-state index >= 15 is 0 Å². The van der Waals surface area contributed by atoms with Gasteiger partial charge in [0.25, 0.3) is 0 Å². The molecule has 0 saturated heterocycles. The molecule has 146 valence electrons. The lowest BCUT2D eigenvalue weighted by molar-refractivity contribution is -0.117. The molecule has 0 unspecified atom stereocenters. The Morgan fingerprint density at radius 1 is 1.14 bits per heavy atom. The van der Waals surface area contributed by atoms with Gasteiger partial charge in [-0.05, 0) is 24.3 Å². The van der Waals surface area contributed by atoms with Gasteiger partial charge in [-0.2, -0.15) is 0 Å². The van der Waals surface area contributed by atoms with Gasteiger partial charge in [-0.15, -0.1) is 0 Å². The highest BCUT2D eigenvalue weighted by molar-refractivity contribution is 7.92. The molecular formula is C18H18N4O5S. The summed E-state index contributed by atoms with van der Waals surface area (Å²) >= 11 is 0. The fourth-order valence-electron chi connectivity index (χ4n) is 2.78. The Morgan fingerprint density at radius 3 is 2.54 bits per heavy atom. The summed E-state index contributed by atoms with van der Waals surface area (Å²) in [4.78, 5) is 27.8. The molecule has 0 saturated carbocycles. The van der Waals surface area contributed by atoms with Crippen molar-refractivity contribution < 1.29 is 22.7 Å². The summed E-state index contributed by atoms with van der Waals surface area (Å²) in [6.07, 6.45) is 0. The number of methoxy groups -OCH3 is 1. The number of carbonyl (C=O) groups excluding carboxylic acids is 2. The van der Waals surface area contributed by atoms with Crippen LogP contribution in [-0.4, -0.2) is 42.6 Å². The largest absolute Gasteiger partial charge is 0.495 e. The van der Waals surface area contributed by atoms with E-state index in [-0.39, 0.29) is 11.7 Å². The molecule has 0 atom stereocenters. The van der Waals surface area contributed by atoms with Gasteiger partial charge in [0.05, 0.1) is 23.8 Å². The molecule has 3 rings (SSSR count). The van der Waals surface area contributed by atoms with Gasteiger partial charge in [-0.25, -0.2) is 13.4 Å². The Kier molecular flexibility index (Phi) is 5.32. The number of aromatic nitrogens is 2. The molecular weight excluding hydrogens is 384 g/mol. The molecule has 1 heterocycles. The van der Waals surface area contributed by atoms with Crippen LogP contribution in [0.15, 0.2) is 53.7 Å². The number of sulfone groups is 1. The second kappa shape index (κ2) is 7.69. The van der Waals surface area contributed by atoms with Gasteiger partial charge in [0.15, 0.2) is 0 Å². The highest BCUT2D eigenvalue weighted by Gasteiger charge is 2.26. The number of hydrogen-bond donors (Lipinski definition) is 2. The summed E-state index contributed by atoms with van der Waals surface area (Å²) < 4.78 is 31.5. The standard InChI is InChI=1S/C18H18N4O5S/c1-27-15-9-5-3-7-13(15)20-17(24)10-22-14-8-4-2-6-12(14)21-18(22)28(25,26)11-16(19)23/h2-9H,10-11H2,1H3,(H2,19,23)(H,20,24). The van der Waals surface area contributed by atoms with E-state index in [2.05, 4.69) is 10.3 Å². The third kappa shape index (κ3) is 3.96. The highest BCUT2D eigenvalue weighted by atomic mass is 32.2. The quantitative estimate of drug-likeness (QED) is 0.604. The van der Waals surface area contributed by atoms with Crippen molar-refractivity contribution in [1.82, 2.24) is 9.55 Å². The third-order valence-electron chi connectivity index (χ3n) is 3.91. The summed E-state index contributed by atoms with van der Waals surface area (Å²) in [5, 5.41) is 2.30. The zero-order chi connectivity index (χ0) is 20.3. The normalized spacial score (nSPS) is 11.3. The molecule has 10 heteroatoms. The number of fused-ring (bicyclic) bond motifs is 1. The van der Waals surface area contributed by atoms with Crippen LogP contribution in [0.5, 0.6) is 5.75 Å². The third-order valence-corrected chi connectivity index (χ3v) is 5.45. The number of nitrogens with two attached hydrogens (primary N) is 1. The lowest BCUT2D eigenvalue weighted by atomic mass is 10.3. The topological polar surface area (TPSA) is 133 Å². The first-order valence-electron chi connectivity index (χ1n) is 8.21. The lowest BCUT2D eigenvalue weighted by Gasteiger charge is -2.12. The predicted octanol–water partition coefficient (Wildman–Crippen LogP) is 0.943. The van der Waals surface area contributed by atoms with Gasteiger partial charge in [0.2, 0.25) is 26.8 Å². The van der Waals surface area contributed by atoms with Crippen LogP contribution in [0.4, 0.5) is 5.69 Å². The van der Waals surface area contributed by atoms with Crippen LogP contribution in [0.3, 0.4) is 0 Å². The number of ether oxygens (including phenoxy) is 1. The number of nitrogens with zero attached hydrogens (tertiary/aromatic N) is 2. The monoisotopic (exact) mass is 402 g/mol. The molecule has 9 nitrogen and oxygen atoms in total. The SMILES string of the molecule is COc1ccccc1NC(=O)Cn1c(S(=O)(=O)CC(N)=O)nc2ccccc21. The van der Waals surface area contributed by atoms with Gasteiger partial charge >= 0.3 is 0 Å². The van der Waals surface area contributed by atoms with Crippen LogP contribution < -0.4 is 15.8 Å². The first kappa shape index (κ1) is 19.4. The van der Waals surface area contributed by atoms with E-state index in [4.69, 9.17) is 10.5 Å². The van der Waals surface area contributed by atoms with E-state index in [1.54, 1.807) is 48.5 Å². The molecule has 0 aliphatic rings. The van der Waals surface area contributed by atoms with Gasteiger partial charge < -0.3 is 20.4 Å². The summed E-state index contributed by atoms with van der Waals surface area (Å²) in [7, 11) is -2.64. The molecule has 28 heavy (non-hydrogen) atoms. The Morgan fingerprint density at radius 2 is 1.82 bits per heavy atom. The maximum absolute atomic E-state index is 12.6. The minimum atomic E-state index is -4.11. The number of anilines is 1. The summed E-state index contributed by atoms with van der Waals surface area (Å²) in [5.41, 5.74) is 6.32. The van der Waals surface area contributed by atoms with Gasteiger partial charge in [-0.3, -0.25) is 9.59 Å². The molecule has 2 amide bonds. The second-order valence-corrected chi connectivity index (χ2v) is 7.83. The van der Waals surface area contributed by atoms with Crippen LogP contribution >= 0.6 is 0 Å². The van der Waals surface area contributed by atoms with Crippen LogP contribution in [0.1, 0.15) is 0 Å². The van der Waals surface area contributed by atoms with E-state index < -0.39 is 27.4 Å². The fraction of sp³-hybridized carbons (Fsp3) is 0.167. The summed E-state index contributed by atoms with van der Waals surface area (Å²) in [6.45, 7) is -0.327. The van der Waals surface area contributed by atoms with Crippen LogP contribution in [0, 0.1) is 0 Å². The predicted molar refractivity (Wildman–Crippen MR) is 103 cm³/mol. The minimum Gasteiger partial charge on any atom is -0.495 e. The molecule has 0 aliphatic carbocycles. The Labute approximate surface area is 161 Å². The first-order valence-corrected chi connectivity index (χ1v) is 9.86. The van der Waals surface area contributed by atoms with Gasteiger partial charge in [0, 0.05) is 0 Å². The van der Waals surface area contributed by atoms with E-state index in [1.165, 1.54) is 11.7 Å². The van der Waals surface area contributed by atoms with Crippen molar-refractivity contribution in [2.45, 2.75) is 11.7 Å². The van der Waals surface area contributed by atoms with Gasteiger partial charge in [-0.1, -0.05) is 24.3 Å². The second-order valence-electron chi connectivity index (χ2n) is 5.94. The van der Waals surface area contributed by atoms with E-state index in [9.17, 15) is 18.0 Å². The molecule has 0 aliphatic heterocycles.